The molecule has 0 aliphatic rings. The molecule has 0 radical (unpaired) electrons. The first-order valence-corrected chi connectivity index (χ1v) is 38.5. The molecule has 0 fully saturated rings. The summed E-state index contributed by atoms with van der Waals surface area (Å²) in [5.41, 5.74) is 0. The third kappa shape index (κ3) is 62.6. The number of carbonyl (C=O) groups excluding carboxylic acids is 4. The highest BCUT2D eigenvalue weighted by Gasteiger charge is 2.30. The van der Waals surface area contributed by atoms with Crippen molar-refractivity contribution in [3.8, 4) is 0 Å². The van der Waals surface area contributed by atoms with E-state index in [1.807, 2.05) is 0 Å². The molecule has 0 heterocycles. The largest absolute Gasteiger partial charge is 0.472 e. The fraction of sp³-hybridized carbons (Fsp3) is 0.941. The Morgan fingerprint density at radius 3 is 0.782 bits per heavy atom. The maximum atomic E-state index is 13.0. The highest BCUT2D eigenvalue weighted by Crippen LogP contribution is 2.45. The summed E-state index contributed by atoms with van der Waals surface area (Å²) >= 11 is 0. The van der Waals surface area contributed by atoms with Crippen molar-refractivity contribution in [1.29, 1.82) is 0 Å². The van der Waals surface area contributed by atoms with Crippen molar-refractivity contribution >= 4 is 39.5 Å². The molecule has 0 rings (SSSR count). The quantitative estimate of drug-likeness (QED) is 0.0222. The third-order valence-electron chi connectivity index (χ3n) is 15.7. The molecule has 0 amide bonds. The van der Waals surface area contributed by atoms with Crippen LogP contribution in [0.25, 0.3) is 0 Å². The summed E-state index contributed by atoms with van der Waals surface area (Å²) in [5.74, 6) is -0.694. The van der Waals surface area contributed by atoms with E-state index in [-0.39, 0.29) is 25.7 Å². The number of aliphatic hydroxyl groups is 1. The van der Waals surface area contributed by atoms with Gasteiger partial charge in [0.05, 0.1) is 26.4 Å². The van der Waals surface area contributed by atoms with Gasteiger partial charge in [0.15, 0.2) is 12.2 Å². The molecule has 0 saturated carbocycles. The van der Waals surface area contributed by atoms with Crippen LogP contribution in [0.2, 0.25) is 0 Å². The van der Waals surface area contributed by atoms with Gasteiger partial charge in [0.1, 0.15) is 19.3 Å². The zero-order chi connectivity index (χ0) is 64.3. The van der Waals surface area contributed by atoms with Gasteiger partial charge in [0.25, 0.3) is 0 Å². The zero-order valence-electron chi connectivity index (χ0n) is 56.3. The van der Waals surface area contributed by atoms with Gasteiger partial charge in [-0.3, -0.25) is 37.3 Å². The van der Waals surface area contributed by atoms with E-state index in [0.717, 1.165) is 109 Å². The molecule has 0 bridgehead atoms. The van der Waals surface area contributed by atoms with Crippen molar-refractivity contribution in [1.82, 2.24) is 0 Å². The number of phosphoric ester groups is 2. The molecule has 3 N–H and O–H groups in total. The van der Waals surface area contributed by atoms with Crippen molar-refractivity contribution in [3.63, 3.8) is 0 Å². The van der Waals surface area contributed by atoms with Crippen LogP contribution in [0, 0.1) is 11.8 Å². The highest BCUT2D eigenvalue weighted by atomic mass is 31.2. The Morgan fingerprint density at radius 1 is 0.310 bits per heavy atom. The van der Waals surface area contributed by atoms with E-state index < -0.39 is 97.5 Å². The molecule has 17 nitrogen and oxygen atoms in total. The highest BCUT2D eigenvalue weighted by molar-refractivity contribution is 7.47. The molecule has 0 aromatic rings. The second kappa shape index (κ2) is 60.3. The van der Waals surface area contributed by atoms with Crippen LogP contribution in [-0.2, 0) is 65.4 Å². The van der Waals surface area contributed by atoms with E-state index in [1.165, 1.54) is 148 Å². The molecule has 0 aliphatic carbocycles. The topological polar surface area (TPSA) is 237 Å². The number of hydrogen-bond acceptors (Lipinski definition) is 15. The number of phosphoric acid groups is 2. The van der Waals surface area contributed by atoms with Crippen LogP contribution in [0.1, 0.15) is 343 Å². The Kier molecular flexibility index (Phi) is 59.0. The number of carbonyl (C=O) groups is 4. The summed E-state index contributed by atoms with van der Waals surface area (Å²) < 4.78 is 68.1. The zero-order valence-corrected chi connectivity index (χ0v) is 58.1. The van der Waals surface area contributed by atoms with Gasteiger partial charge in [-0.1, -0.05) is 292 Å². The van der Waals surface area contributed by atoms with Gasteiger partial charge in [-0.2, -0.15) is 0 Å². The molecule has 0 aliphatic heterocycles. The van der Waals surface area contributed by atoms with E-state index in [9.17, 15) is 43.2 Å². The summed E-state index contributed by atoms with van der Waals surface area (Å²) in [7, 11) is -9.89. The Bertz CT molecular complexity index is 1700. The van der Waals surface area contributed by atoms with Crippen LogP contribution in [-0.4, -0.2) is 96.7 Å². The molecule has 0 saturated heterocycles. The van der Waals surface area contributed by atoms with E-state index in [0.29, 0.717) is 31.6 Å². The predicted octanol–water partition coefficient (Wildman–Crippen LogP) is 19.2. The fourth-order valence-corrected chi connectivity index (χ4v) is 11.8. The molecule has 87 heavy (non-hydrogen) atoms. The lowest BCUT2D eigenvalue weighted by Gasteiger charge is -2.21. The van der Waals surface area contributed by atoms with Crippen LogP contribution < -0.4 is 0 Å². The third-order valence-corrected chi connectivity index (χ3v) is 17.6. The minimum atomic E-state index is -4.95. The lowest BCUT2D eigenvalue weighted by molar-refractivity contribution is -0.161. The van der Waals surface area contributed by atoms with Gasteiger partial charge in [0, 0.05) is 25.7 Å². The number of esters is 4. The van der Waals surface area contributed by atoms with Crippen LogP contribution >= 0.6 is 15.6 Å². The average Bonchev–Trinajstić information content (AvgIpc) is 3.51. The van der Waals surface area contributed by atoms with Gasteiger partial charge >= 0.3 is 39.5 Å². The first-order chi connectivity index (χ1) is 41.9. The summed E-state index contributed by atoms with van der Waals surface area (Å²) in [4.78, 5) is 72.3. The Morgan fingerprint density at radius 2 is 0.529 bits per heavy atom. The molecule has 0 aromatic heterocycles. The van der Waals surface area contributed by atoms with Crippen molar-refractivity contribution in [2.45, 2.75) is 362 Å². The Balaban J connectivity index is 5.18. The smallest absolute Gasteiger partial charge is 0.462 e. The van der Waals surface area contributed by atoms with Gasteiger partial charge in [-0.05, 0) is 37.5 Å². The maximum Gasteiger partial charge on any atom is 0.472 e. The monoisotopic (exact) mass is 1280 g/mol. The molecule has 0 spiro atoms. The lowest BCUT2D eigenvalue weighted by Crippen LogP contribution is -2.30. The molecule has 5 atom stereocenters. The molecule has 0 aromatic carbocycles. The van der Waals surface area contributed by atoms with Crippen molar-refractivity contribution in [3.05, 3.63) is 0 Å². The van der Waals surface area contributed by atoms with Crippen molar-refractivity contribution in [2.75, 3.05) is 39.6 Å². The van der Waals surface area contributed by atoms with Gasteiger partial charge in [-0.25, -0.2) is 9.13 Å². The number of unbranched alkanes of at least 4 members (excludes halogenated alkanes) is 37. The number of aliphatic hydroxyl groups excluding tert-OH is 1. The number of ether oxygens (including phenoxy) is 4. The van der Waals surface area contributed by atoms with Crippen LogP contribution in [0.4, 0.5) is 0 Å². The second-order valence-corrected chi connectivity index (χ2v) is 28.4. The minimum Gasteiger partial charge on any atom is -0.462 e. The summed E-state index contributed by atoms with van der Waals surface area (Å²) in [5, 5.41) is 10.5. The molecule has 19 heteroatoms. The van der Waals surface area contributed by atoms with E-state index in [4.69, 9.17) is 37.0 Å². The normalized spacial score (nSPS) is 14.2. The first-order valence-electron chi connectivity index (χ1n) is 35.5. The fourth-order valence-electron chi connectivity index (χ4n) is 10.2. The lowest BCUT2D eigenvalue weighted by atomic mass is 10.0. The molecular formula is C68H132O17P2. The first kappa shape index (κ1) is 85.1. The predicted molar refractivity (Wildman–Crippen MR) is 349 cm³/mol. The minimum absolute atomic E-state index is 0.103. The van der Waals surface area contributed by atoms with Crippen LogP contribution in [0.3, 0.4) is 0 Å². The maximum absolute atomic E-state index is 13.0. The van der Waals surface area contributed by atoms with Gasteiger partial charge in [0.2, 0.25) is 0 Å². The van der Waals surface area contributed by atoms with E-state index >= 15 is 0 Å². The standard InChI is InChI=1S/C68H132O17P2/c1-7-9-11-13-15-16-17-18-19-20-21-22-23-24-27-34-40-46-52-67(72)84-64(57-79-66(71)51-45-39-33-28-25-26-31-36-42-48-60(3)4)59-83-87(76,77)81-55-62(69)54-80-86(74,75)82-58-63(56-78-65(70)50-44-38-30-14-12-10-8-2)85-68(73)53-47-41-35-29-32-37-43-49-61(5)6/h60-64,69H,7-59H2,1-6H3,(H,74,75)(H,76,77)/t62-,63+,64+/m0/s1. The molecular weight excluding hydrogens is 1150 g/mol. The van der Waals surface area contributed by atoms with E-state index in [1.54, 1.807) is 0 Å². The average molecular weight is 1280 g/mol. The van der Waals surface area contributed by atoms with Crippen LogP contribution in [0.5, 0.6) is 0 Å². The Hall–Kier alpha value is -1.94. The van der Waals surface area contributed by atoms with Gasteiger partial charge in [-0.15, -0.1) is 0 Å². The summed E-state index contributed by atoms with van der Waals surface area (Å²) in [6, 6.07) is 0. The molecule has 2 unspecified atom stereocenters. The van der Waals surface area contributed by atoms with Crippen LogP contribution in [0.15, 0.2) is 0 Å². The van der Waals surface area contributed by atoms with E-state index in [2.05, 4.69) is 41.5 Å². The second-order valence-electron chi connectivity index (χ2n) is 25.5. The Labute approximate surface area is 530 Å². The summed E-state index contributed by atoms with van der Waals surface area (Å²) in [6.45, 7) is 9.41. The molecule has 516 valence electrons. The number of hydrogen-bond donors (Lipinski definition) is 3. The van der Waals surface area contributed by atoms with Crippen molar-refractivity contribution < 1.29 is 80.2 Å². The summed E-state index contributed by atoms with van der Waals surface area (Å²) in [6.07, 6.45) is 44.7. The van der Waals surface area contributed by atoms with Gasteiger partial charge < -0.3 is 33.8 Å². The SMILES string of the molecule is CCCCCCCCCCCCCCCCCCCCC(=O)O[C@H](COC(=O)CCCCCCCCCCCC(C)C)COP(=O)(O)OC[C@@H](O)COP(=O)(O)OC[C@@H](COC(=O)CCCCCCCCC)OC(=O)CCCCCCCCCC(C)C. The van der Waals surface area contributed by atoms with Crippen molar-refractivity contribution in [2.24, 2.45) is 11.8 Å². The number of rotatable bonds is 67.